The predicted octanol–water partition coefficient (Wildman–Crippen LogP) is 3.59. The Labute approximate surface area is 150 Å². The molecule has 1 fully saturated rings. The number of hydrogen-bond donors (Lipinski definition) is 1. The third-order valence-corrected chi connectivity index (χ3v) is 4.53. The fraction of sp³-hybridized carbons (Fsp3) is 0.471. The number of aromatic nitrogens is 2. The molecular formula is C17H20ClN3O4. The Morgan fingerprint density at radius 3 is 2.96 bits per heavy atom. The standard InChI is InChI=1S/C17H20ClN3O4/c1-2-24-12-7-13-15(16(18)20-10-19-13)14(8-12)25-9-11-5-3-4-6-21(11)17(22)23/h7-8,10-11H,2-6,9H2,1H3,(H,22,23)/t11-/m1/s1. The van der Waals surface area contributed by atoms with Gasteiger partial charge in [-0.1, -0.05) is 11.6 Å². The number of likely N-dealkylation sites (tertiary alicyclic amines) is 1. The molecule has 1 N–H and O–H groups in total. The van der Waals surface area contributed by atoms with Crippen molar-refractivity contribution in [2.75, 3.05) is 19.8 Å². The monoisotopic (exact) mass is 365 g/mol. The first-order valence-electron chi connectivity index (χ1n) is 8.29. The van der Waals surface area contributed by atoms with Crippen molar-refractivity contribution in [1.82, 2.24) is 14.9 Å². The Bertz CT molecular complexity index is 771. The van der Waals surface area contributed by atoms with Crippen LogP contribution in [-0.2, 0) is 0 Å². The summed E-state index contributed by atoms with van der Waals surface area (Å²) in [4.78, 5) is 21.1. The maximum absolute atomic E-state index is 11.4. The highest BCUT2D eigenvalue weighted by atomic mass is 35.5. The first-order valence-corrected chi connectivity index (χ1v) is 8.67. The van der Waals surface area contributed by atoms with Gasteiger partial charge in [-0.15, -0.1) is 0 Å². The number of nitrogens with zero attached hydrogens (tertiary/aromatic N) is 3. The van der Waals surface area contributed by atoms with Crippen molar-refractivity contribution < 1.29 is 19.4 Å². The number of carboxylic acid groups (broad SMARTS) is 1. The van der Waals surface area contributed by atoms with Gasteiger partial charge in [-0.25, -0.2) is 14.8 Å². The Hall–Kier alpha value is -2.28. The molecule has 1 aliphatic rings. The average Bonchev–Trinajstić information content (AvgIpc) is 2.60. The summed E-state index contributed by atoms with van der Waals surface area (Å²) in [5.74, 6) is 1.13. The van der Waals surface area contributed by atoms with Crippen LogP contribution in [0.3, 0.4) is 0 Å². The molecule has 7 nitrogen and oxygen atoms in total. The normalized spacial score (nSPS) is 17.5. The van der Waals surface area contributed by atoms with Crippen LogP contribution in [0.5, 0.6) is 11.5 Å². The van der Waals surface area contributed by atoms with E-state index in [-0.39, 0.29) is 12.6 Å². The summed E-state index contributed by atoms with van der Waals surface area (Å²) in [6.07, 6.45) is 3.12. The molecule has 2 heterocycles. The quantitative estimate of drug-likeness (QED) is 0.815. The van der Waals surface area contributed by atoms with Crippen molar-refractivity contribution in [1.29, 1.82) is 0 Å². The molecular weight excluding hydrogens is 346 g/mol. The summed E-state index contributed by atoms with van der Waals surface area (Å²) < 4.78 is 11.5. The molecule has 2 aromatic rings. The van der Waals surface area contributed by atoms with E-state index in [1.807, 2.05) is 6.92 Å². The molecule has 8 heteroatoms. The average molecular weight is 366 g/mol. The van der Waals surface area contributed by atoms with E-state index in [0.717, 1.165) is 19.3 Å². The minimum Gasteiger partial charge on any atom is -0.494 e. The van der Waals surface area contributed by atoms with E-state index in [1.54, 1.807) is 12.1 Å². The van der Waals surface area contributed by atoms with E-state index in [1.165, 1.54) is 11.2 Å². The summed E-state index contributed by atoms with van der Waals surface area (Å²) in [6.45, 7) is 3.19. The van der Waals surface area contributed by atoms with Crippen LogP contribution in [0.4, 0.5) is 4.79 Å². The molecule has 0 aliphatic carbocycles. The lowest BCUT2D eigenvalue weighted by Gasteiger charge is -2.33. The SMILES string of the molecule is CCOc1cc(OC[C@H]2CCCCN2C(=O)O)c2c(Cl)ncnc2c1. The van der Waals surface area contributed by atoms with Gasteiger partial charge >= 0.3 is 6.09 Å². The number of piperidine rings is 1. The van der Waals surface area contributed by atoms with Gasteiger partial charge in [0.1, 0.15) is 29.6 Å². The van der Waals surface area contributed by atoms with E-state index in [2.05, 4.69) is 9.97 Å². The molecule has 3 rings (SSSR count). The lowest BCUT2D eigenvalue weighted by atomic mass is 10.0. The summed E-state index contributed by atoms with van der Waals surface area (Å²) in [7, 11) is 0. The number of amides is 1. The number of carbonyl (C=O) groups is 1. The third kappa shape index (κ3) is 3.87. The lowest BCUT2D eigenvalue weighted by molar-refractivity contribution is 0.0840. The molecule has 1 saturated heterocycles. The molecule has 25 heavy (non-hydrogen) atoms. The molecule has 0 spiro atoms. The van der Waals surface area contributed by atoms with Crippen molar-refractivity contribution in [3.8, 4) is 11.5 Å². The van der Waals surface area contributed by atoms with Crippen molar-refractivity contribution in [3.63, 3.8) is 0 Å². The van der Waals surface area contributed by atoms with Gasteiger partial charge in [0.2, 0.25) is 0 Å². The molecule has 0 bridgehead atoms. The number of rotatable bonds is 5. The summed E-state index contributed by atoms with van der Waals surface area (Å²) in [5, 5.41) is 10.2. The van der Waals surface area contributed by atoms with E-state index in [0.29, 0.717) is 40.7 Å². The Morgan fingerprint density at radius 1 is 1.36 bits per heavy atom. The van der Waals surface area contributed by atoms with Gasteiger partial charge in [-0.2, -0.15) is 0 Å². The van der Waals surface area contributed by atoms with E-state index in [9.17, 15) is 9.90 Å². The highest BCUT2D eigenvalue weighted by Gasteiger charge is 2.27. The van der Waals surface area contributed by atoms with Gasteiger partial charge in [-0.3, -0.25) is 0 Å². The number of halogens is 1. The van der Waals surface area contributed by atoms with E-state index in [4.69, 9.17) is 21.1 Å². The maximum atomic E-state index is 11.4. The molecule has 1 atom stereocenters. The molecule has 134 valence electrons. The van der Waals surface area contributed by atoms with Crippen LogP contribution in [0, 0.1) is 0 Å². The molecule has 1 aromatic carbocycles. The van der Waals surface area contributed by atoms with Crippen LogP contribution in [0.25, 0.3) is 10.9 Å². The van der Waals surface area contributed by atoms with Crippen LogP contribution < -0.4 is 9.47 Å². The van der Waals surface area contributed by atoms with Gasteiger partial charge in [0.05, 0.1) is 23.6 Å². The topological polar surface area (TPSA) is 84.8 Å². The molecule has 1 aromatic heterocycles. The van der Waals surface area contributed by atoms with Crippen LogP contribution in [-0.4, -0.2) is 51.9 Å². The summed E-state index contributed by atoms with van der Waals surface area (Å²) in [6, 6.07) is 3.35. The van der Waals surface area contributed by atoms with Gasteiger partial charge in [0, 0.05) is 18.7 Å². The Kier molecular flexibility index (Phi) is 5.43. The third-order valence-electron chi connectivity index (χ3n) is 4.24. The van der Waals surface area contributed by atoms with Gasteiger partial charge < -0.3 is 19.5 Å². The molecule has 1 amide bonds. The Morgan fingerprint density at radius 2 is 2.20 bits per heavy atom. The minimum atomic E-state index is -0.914. The highest BCUT2D eigenvalue weighted by Crippen LogP contribution is 2.34. The van der Waals surface area contributed by atoms with Crippen molar-refractivity contribution in [2.24, 2.45) is 0 Å². The number of fused-ring (bicyclic) bond motifs is 1. The van der Waals surface area contributed by atoms with Crippen LogP contribution >= 0.6 is 11.6 Å². The fourth-order valence-corrected chi connectivity index (χ4v) is 3.30. The largest absolute Gasteiger partial charge is 0.494 e. The van der Waals surface area contributed by atoms with E-state index < -0.39 is 6.09 Å². The fourth-order valence-electron chi connectivity index (χ4n) is 3.07. The highest BCUT2D eigenvalue weighted by molar-refractivity contribution is 6.34. The zero-order valence-electron chi connectivity index (χ0n) is 13.9. The van der Waals surface area contributed by atoms with Gasteiger partial charge in [0.15, 0.2) is 0 Å². The first-order chi connectivity index (χ1) is 12.1. The number of ether oxygens (including phenoxy) is 2. The van der Waals surface area contributed by atoms with Crippen LogP contribution in [0.2, 0.25) is 5.15 Å². The smallest absolute Gasteiger partial charge is 0.407 e. The second-order valence-electron chi connectivity index (χ2n) is 5.85. The van der Waals surface area contributed by atoms with Gasteiger partial charge in [-0.05, 0) is 26.2 Å². The first kappa shape index (κ1) is 17.5. The zero-order valence-corrected chi connectivity index (χ0v) is 14.7. The maximum Gasteiger partial charge on any atom is 0.407 e. The number of benzene rings is 1. The van der Waals surface area contributed by atoms with Crippen LogP contribution in [0.15, 0.2) is 18.5 Å². The predicted molar refractivity (Wildman–Crippen MR) is 93.6 cm³/mol. The van der Waals surface area contributed by atoms with Crippen molar-refractivity contribution in [3.05, 3.63) is 23.6 Å². The van der Waals surface area contributed by atoms with Crippen LogP contribution in [0.1, 0.15) is 26.2 Å². The number of hydrogen-bond acceptors (Lipinski definition) is 5. The second-order valence-corrected chi connectivity index (χ2v) is 6.21. The lowest BCUT2D eigenvalue weighted by Crippen LogP contribution is -2.46. The van der Waals surface area contributed by atoms with Crippen molar-refractivity contribution >= 4 is 28.6 Å². The molecule has 0 radical (unpaired) electrons. The molecule has 0 saturated carbocycles. The Balaban J connectivity index is 1.88. The van der Waals surface area contributed by atoms with E-state index >= 15 is 0 Å². The van der Waals surface area contributed by atoms with Crippen molar-refractivity contribution in [2.45, 2.75) is 32.2 Å². The zero-order chi connectivity index (χ0) is 17.8. The van der Waals surface area contributed by atoms with Gasteiger partial charge in [0.25, 0.3) is 0 Å². The second kappa shape index (κ2) is 7.74. The summed E-state index contributed by atoms with van der Waals surface area (Å²) in [5.41, 5.74) is 0.625. The summed E-state index contributed by atoms with van der Waals surface area (Å²) >= 11 is 6.22. The molecule has 1 aliphatic heterocycles. The molecule has 0 unspecified atom stereocenters. The minimum absolute atomic E-state index is 0.180.